The number of fused-ring (bicyclic) bond motifs is 2. The van der Waals surface area contributed by atoms with Gasteiger partial charge < -0.3 is 20.1 Å². The lowest BCUT2D eigenvalue weighted by Crippen LogP contribution is -2.45. The number of aromatic nitrogens is 2. The zero-order valence-electron chi connectivity index (χ0n) is 18.5. The van der Waals surface area contributed by atoms with Gasteiger partial charge in [-0.2, -0.15) is 4.98 Å². The summed E-state index contributed by atoms with van der Waals surface area (Å²) >= 11 is 0. The largest absolute Gasteiger partial charge is 0.473 e. The zero-order valence-corrected chi connectivity index (χ0v) is 19.4. The van der Waals surface area contributed by atoms with Gasteiger partial charge in [-0.15, -0.1) is 0 Å². The second-order valence-corrected chi connectivity index (χ2v) is 11.6. The molecule has 0 saturated carbocycles. The van der Waals surface area contributed by atoms with Crippen LogP contribution in [0.3, 0.4) is 0 Å². The van der Waals surface area contributed by atoms with Crippen molar-refractivity contribution in [2.75, 3.05) is 12.3 Å². The highest BCUT2D eigenvalue weighted by Crippen LogP contribution is 2.58. The number of hydrogen-bond acceptors (Lipinski definition) is 8. The van der Waals surface area contributed by atoms with E-state index in [2.05, 4.69) is 4.98 Å². The molecule has 3 rings (SSSR count). The van der Waals surface area contributed by atoms with Crippen LogP contribution < -0.4 is 11.4 Å². The van der Waals surface area contributed by atoms with Gasteiger partial charge in [0.15, 0.2) is 6.23 Å². The van der Waals surface area contributed by atoms with Crippen LogP contribution in [0.25, 0.3) is 0 Å². The first-order valence-corrected chi connectivity index (χ1v) is 11.4. The molecule has 11 heteroatoms. The Hall–Kier alpha value is -1.29. The first-order valence-electron chi connectivity index (χ1n) is 9.89. The molecule has 0 spiro atoms. The van der Waals surface area contributed by atoms with E-state index >= 15 is 0 Å². The van der Waals surface area contributed by atoms with E-state index in [1.807, 2.05) is 20.8 Å². The normalized spacial score (nSPS) is 31.1. The summed E-state index contributed by atoms with van der Waals surface area (Å²) in [5.41, 5.74) is 3.62. The third-order valence-electron chi connectivity index (χ3n) is 4.89. The molecule has 0 aromatic carbocycles. The van der Waals surface area contributed by atoms with Crippen LogP contribution in [0.5, 0.6) is 0 Å². The fraction of sp³-hybridized carbons (Fsp3) is 0.789. The number of rotatable bonds is 5. The number of nitrogen functional groups attached to an aromatic ring is 1. The Kier molecular flexibility index (Phi) is 5.76. The average molecular weight is 445 g/mol. The fourth-order valence-electron chi connectivity index (χ4n) is 4.08. The van der Waals surface area contributed by atoms with Crippen molar-refractivity contribution < 1.29 is 28.0 Å². The van der Waals surface area contributed by atoms with Crippen molar-refractivity contribution in [1.29, 1.82) is 0 Å². The van der Waals surface area contributed by atoms with Crippen molar-refractivity contribution in [2.45, 2.75) is 84.5 Å². The molecule has 2 bridgehead atoms. The van der Waals surface area contributed by atoms with Crippen molar-refractivity contribution in [1.82, 2.24) is 9.55 Å². The molecule has 2 aliphatic rings. The average Bonchev–Trinajstić information content (AvgIpc) is 2.96. The summed E-state index contributed by atoms with van der Waals surface area (Å²) in [5, 5.41) is 0. The van der Waals surface area contributed by atoms with Gasteiger partial charge in [0.25, 0.3) is 0 Å². The minimum absolute atomic E-state index is 0.135. The van der Waals surface area contributed by atoms with Gasteiger partial charge in [0.2, 0.25) is 0 Å². The van der Waals surface area contributed by atoms with Gasteiger partial charge in [0.1, 0.15) is 23.6 Å². The highest BCUT2D eigenvalue weighted by Gasteiger charge is 2.65. The molecule has 170 valence electrons. The maximum atomic E-state index is 12.7. The molecule has 0 amide bonds. The van der Waals surface area contributed by atoms with E-state index in [-0.39, 0.29) is 17.8 Å². The van der Waals surface area contributed by atoms with Crippen molar-refractivity contribution in [3.8, 4) is 0 Å². The Bertz CT molecular complexity index is 920. The molecule has 2 aliphatic heterocycles. The van der Waals surface area contributed by atoms with E-state index in [0.717, 1.165) is 0 Å². The Balaban J connectivity index is 2.00. The molecule has 2 saturated heterocycles. The second-order valence-electron chi connectivity index (χ2n) is 10.3. The molecule has 1 aromatic rings. The van der Waals surface area contributed by atoms with Gasteiger partial charge in [0, 0.05) is 11.8 Å². The smallest absolute Gasteiger partial charge is 0.383 e. The molecule has 1 unspecified atom stereocenters. The maximum absolute atomic E-state index is 12.7. The molecular weight excluding hydrogens is 413 g/mol. The van der Waals surface area contributed by atoms with Gasteiger partial charge in [-0.1, -0.05) is 20.8 Å². The number of phosphoric acid groups is 1. The van der Waals surface area contributed by atoms with Crippen LogP contribution in [0, 0.1) is 12.3 Å². The molecule has 1 aromatic heterocycles. The molecule has 10 nitrogen and oxygen atoms in total. The van der Waals surface area contributed by atoms with Crippen LogP contribution in [-0.2, 0) is 23.1 Å². The fourth-order valence-corrected chi connectivity index (χ4v) is 5.42. The van der Waals surface area contributed by atoms with Crippen LogP contribution >= 0.6 is 7.82 Å². The van der Waals surface area contributed by atoms with Crippen LogP contribution in [0.4, 0.5) is 5.82 Å². The summed E-state index contributed by atoms with van der Waals surface area (Å²) in [5.74, 6) is 0.135. The SMILES string of the molecule is Cc1cn([C@@H]2O[C@@]3(CC(C)(C)C)CO[C@@H]2[C@@H]3OP(=O)(O)OC(C)(C)C)c(=O)nc1N. The molecule has 5 atom stereocenters. The van der Waals surface area contributed by atoms with Gasteiger partial charge >= 0.3 is 13.5 Å². The lowest BCUT2D eigenvalue weighted by Gasteiger charge is -2.37. The van der Waals surface area contributed by atoms with Gasteiger partial charge in [-0.05, 0) is 39.5 Å². The van der Waals surface area contributed by atoms with E-state index in [1.165, 1.54) is 4.57 Å². The van der Waals surface area contributed by atoms with E-state index in [4.69, 9.17) is 24.3 Å². The number of nitrogens with zero attached hydrogens (tertiary/aromatic N) is 2. The monoisotopic (exact) mass is 445 g/mol. The highest BCUT2D eigenvalue weighted by molar-refractivity contribution is 7.47. The van der Waals surface area contributed by atoms with Crippen molar-refractivity contribution >= 4 is 13.6 Å². The highest BCUT2D eigenvalue weighted by atomic mass is 31.2. The minimum atomic E-state index is -4.44. The lowest BCUT2D eigenvalue weighted by molar-refractivity contribution is -0.184. The third kappa shape index (κ3) is 4.79. The molecule has 30 heavy (non-hydrogen) atoms. The van der Waals surface area contributed by atoms with Crippen molar-refractivity contribution in [2.24, 2.45) is 5.41 Å². The summed E-state index contributed by atoms with van der Waals surface area (Å²) in [4.78, 5) is 26.7. The standard InChI is InChI=1S/C19H32N3O7P/c1-11-8-22(16(23)21-14(11)20)15-12-13(28-30(24,25)29-18(5,6)7)19(27-15,10-26-12)9-17(2,3)4/h8,12-13,15H,9-10H2,1-7H3,(H,24,25)(H2,20,21,23)/t12-,13+,15-,19+/m1/s1. The molecule has 3 heterocycles. The molecule has 3 N–H and O–H groups in total. The van der Waals surface area contributed by atoms with E-state index in [1.54, 1.807) is 33.9 Å². The minimum Gasteiger partial charge on any atom is -0.383 e. The number of ether oxygens (including phenoxy) is 2. The van der Waals surface area contributed by atoms with Crippen LogP contribution in [0.2, 0.25) is 0 Å². The zero-order chi connectivity index (χ0) is 22.7. The Morgan fingerprint density at radius 3 is 2.57 bits per heavy atom. The summed E-state index contributed by atoms with van der Waals surface area (Å²) in [6, 6.07) is 0. The van der Waals surface area contributed by atoms with Crippen molar-refractivity contribution in [3.05, 3.63) is 22.2 Å². The van der Waals surface area contributed by atoms with E-state index in [9.17, 15) is 14.3 Å². The maximum Gasteiger partial charge on any atom is 0.473 e. The van der Waals surface area contributed by atoms with Gasteiger partial charge in [-0.3, -0.25) is 13.6 Å². The van der Waals surface area contributed by atoms with Crippen molar-refractivity contribution in [3.63, 3.8) is 0 Å². The number of hydrogen-bond donors (Lipinski definition) is 2. The van der Waals surface area contributed by atoms with E-state index < -0.39 is 43.2 Å². The van der Waals surface area contributed by atoms with E-state index in [0.29, 0.717) is 12.0 Å². The number of aryl methyl sites for hydroxylation is 1. The summed E-state index contributed by atoms with van der Waals surface area (Å²) < 4.78 is 37.2. The van der Waals surface area contributed by atoms with Crippen LogP contribution in [0.15, 0.2) is 11.0 Å². The molecular formula is C19H32N3O7P. The topological polar surface area (TPSA) is 135 Å². The lowest BCUT2D eigenvalue weighted by atomic mass is 9.80. The predicted molar refractivity (Wildman–Crippen MR) is 110 cm³/mol. The first kappa shape index (κ1) is 23.4. The third-order valence-corrected chi connectivity index (χ3v) is 6.16. The molecule has 0 aliphatic carbocycles. The quantitative estimate of drug-likeness (QED) is 0.655. The number of phosphoric ester groups is 1. The first-order chi connectivity index (χ1) is 13.5. The molecule has 0 radical (unpaired) electrons. The summed E-state index contributed by atoms with van der Waals surface area (Å²) in [6.07, 6.45) is -0.557. The second kappa shape index (κ2) is 7.39. The predicted octanol–water partition coefficient (Wildman–Crippen LogP) is 2.54. The Morgan fingerprint density at radius 1 is 1.37 bits per heavy atom. The van der Waals surface area contributed by atoms with Crippen LogP contribution in [-0.4, -0.2) is 44.5 Å². The van der Waals surface area contributed by atoms with Gasteiger partial charge in [-0.25, -0.2) is 9.36 Å². The van der Waals surface area contributed by atoms with Gasteiger partial charge in [0.05, 0.1) is 12.2 Å². The number of nitrogens with two attached hydrogens (primary N) is 1. The number of anilines is 1. The van der Waals surface area contributed by atoms with Crippen LogP contribution in [0.1, 0.15) is 59.8 Å². The summed E-state index contributed by atoms with van der Waals surface area (Å²) in [6.45, 7) is 12.9. The Morgan fingerprint density at radius 2 is 2.00 bits per heavy atom. The Labute approximate surface area is 176 Å². The summed E-state index contributed by atoms with van der Waals surface area (Å²) in [7, 11) is -4.44. The molecule has 2 fully saturated rings.